The van der Waals surface area contributed by atoms with Crippen molar-refractivity contribution in [2.24, 2.45) is 5.92 Å². The number of Topliss-reactive ketones (excluding diaryl/α,β-unsaturated/α-hetero) is 2. The van der Waals surface area contributed by atoms with Crippen molar-refractivity contribution in [1.82, 2.24) is 0 Å². The second-order valence-corrected chi connectivity index (χ2v) is 3.97. The molecule has 80 valence electrons. The highest BCUT2D eigenvalue weighted by Crippen LogP contribution is 2.22. The zero-order chi connectivity index (χ0) is 10.6. The summed E-state index contributed by atoms with van der Waals surface area (Å²) >= 11 is 0. The summed E-state index contributed by atoms with van der Waals surface area (Å²) in [7, 11) is 0. The van der Waals surface area contributed by atoms with Crippen molar-refractivity contribution in [2.45, 2.75) is 45.6 Å². The van der Waals surface area contributed by atoms with E-state index >= 15 is 0 Å². The Morgan fingerprint density at radius 2 is 2.29 bits per heavy atom. The van der Waals surface area contributed by atoms with Crippen LogP contribution in [0.1, 0.15) is 39.5 Å². The molecular formula is C11H18O3. The maximum Gasteiger partial charge on any atom is 0.167 e. The van der Waals surface area contributed by atoms with E-state index in [-0.39, 0.29) is 23.9 Å². The second-order valence-electron chi connectivity index (χ2n) is 3.97. The predicted octanol–water partition coefficient (Wildman–Crippen LogP) is 1.74. The summed E-state index contributed by atoms with van der Waals surface area (Å²) in [6, 6.07) is 0. The summed E-state index contributed by atoms with van der Waals surface area (Å²) in [5, 5.41) is 0. The van der Waals surface area contributed by atoms with Crippen molar-refractivity contribution in [3.63, 3.8) is 0 Å². The lowest BCUT2D eigenvalue weighted by Gasteiger charge is -2.05. The van der Waals surface area contributed by atoms with Crippen molar-refractivity contribution in [3.8, 4) is 0 Å². The Hall–Kier alpha value is -0.700. The molecule has 1 aliphatic heterocycles. The Kier molecular flexibility index (Phi) is 4.26. The van der Waals surface area contributed by atoms with Gasteiger partial charge in [0.25, 0.3) is 0 Å². The third-order valence-electron chi connectivity index (χ3n) is 2.60. The molecule has 2 unspecified atom stereocenters. The zero-order valence-corrected chi connectivity index (χ0v) is 8.91. The van der Waals surface area contributed by atoms with Crippen molar-refractivity contribution < 1.29 is 14.3 Å². The molecule has 0 amide bonds. The lowest BCUT2D eigenvalue weighted by molar-refractivity contribution is -0.129. The fourth-order valence-corrected chi connectivity index (χ4v) is 1.76. The summed E-state index contributed by atoms with van der Waals surface area (Å²) in [4.78, 5) is 22.5. The summed E-state index contributed by atoms with van der Waals surface area (Å²) in [6.45, 7) is 4.11. The highest BCUT2D eigenvalue weighted by Gasteiger charge is 2.34. The molecule has 0 radical (unpaired) electrons. The molecule has 14 heavy (non-hydrogen) atoms. The van der Waals surface area contributed by atoms with Crippen LogP contribution < -0.4 is 0 Å². The topological polar surface area (TPSA) is 43.4 Å². The van der Waals surface area contributed by atoms with E-state index in [1.54, 1.807) is 0 Å². The number of unbranched alkanes of at least 4 members (excludes halogenated alkanes) is 1. The first-order chi connectivity index (χ1) is 6.65. The zero-order valence-electron chi connectivity index (χ0n) is 8.91. The molecule has 0 aromatic rings. The minimum absolute atomic E-state index is 0.0273. The maximum atomic E-state index is 11.7. The second kappa shape index (κ2) is 5.25. The lowest BCUT2D eigenvalue weighted by atomic mass is 9.96. The van der Waals surface area contributed by atoms with E-state index in [0.29, 0.717) is 6.61 Å². The van der Waals surface area contributed by atoms with Crippen molar-refractivity contribution in [3.05, 3.63) is 0 Å². The molecule has 1 fully saturated rings. The first-order valence-electron chi connectivity index (χ1n) is 5.30. The Balaban J connectivity index is 2.39. The molecule has 0 saturated carbocycles. The van der Waals surface area contributed by atoms with Gasteiger partial charge in [-0.1, -0.05) is 19.8 Å². The highest BCUT2D eigenvalue weighted by molar-refractivity contribution is 5.91. The molecule has 0 bridgehead atoms. The smallest absolute Gasteiger partial charge is 0.167 e. The number of ketones is 2. The van der Waals surface area contributed by atoms with Gasteiger partial charge in [0, 0.05) is 12.3 Å². The third-order valence-corrected chi connectivity index (χ3v) is 2.60. The minimum atomic E-state index is -0.450. The van der Waals surface area contributed by atoms with E-state index in [9.17, 15) is 9.59 Å². The molecule has 0 N–H and O–H groups in total. The van der Waals surface area contributed by atoms with Gasteiger partial charge in [0.15, 0.2) is 5.78 Å². The maximum absolute atomic E-state index is 11.7. The van der Waals surface area contributed by atoms with E-state index in [0.717, 1.165) is 19.3 Å². The lowest BCUT2D eigenvalue weighted by Crippen LogP contribution is -2.22. The van der Waals surface area contributed by atoms with Gasteiger partial charge in [-0.3, -0.25) is 9.59 Å². The van der Waals surface area contributed by atoms with Crippen molar-refractivity contribution in [2.75, 3.05) is 6.61 Å². The van der Waals surface area contributed by atoms with Crippen LogP contribution in [-0.2, 0) is 14.3 Å². The molecule has 1 rings (SSSR count). The van der Waals surface area contributed by atoms with E-state index in [2.05, 4.69) is 6.92 Å². The van der Waals surface area contributed by atoms with Crippen LogP contribution in [0.3, 0.4) is 0 Å². The van der Waals surface area contributed by atoms with E-state index in [1.807, 2.05) is 0 Å². The van der Waals surface area contributed by atoms with Crippen LogP contribution in [0.5, 0.6) is 0 Å². The molecule has 3 heteroatoms. The molecule has 0 aromatic carbocycles. The fraction of sp³-hybridized carbons (Fsp3) is 0.818. The van der Waals surface area contributed by atoms with Gasteiger partial charge in [0.05, 0.1) is 6.61 Å². The van der Waals surface area contributed by atoms with Gasteiger partial charge in [0.1, 0.15) is 11.9 Å². The molecule has 0 aliphatic carbocycles. The molecule has 0 aromatic heterocycles. The SMILES string of the molecule is CCCCC1COC(CC(C)=O)C1=O. The van der Waals surface area contributed by atoms with Gasteiger partial charge >= 0.3 is 0 Å². The number of rotatable bonds is 5. The van der Waals surface area contributed by atoms with Crippen LogP contribution in [0.2, 0.25) is 0 Å². The van der Waals surface area contributed by atoms with Crippen LogP contribution >= 0.6 is 0 Å². The number of carbonyl (C=O) groups is 2. The van der Waals surface area contributed by atoms with Crippen molar-refractivity contribution >= 4 is 11.6 Å². The van der Waals surface area contributed by atoms with Crippen LogP contribution in [0, 0.1) is 5.92 Å². The van der Waals surface area contributed by atoms with E-state index < -0.39 is 6.10 Å². The number of carbonyl (C=O) groups excluding carboxylic acids is 2. The monoisotopic (exact) mass is 198 g/mol. The standard InChI is InChI=1S/C11H18O3/c1-3-4-5-9-7-14-10(11(9)13)6-8(2)12/h9-10H,3-7H2,1-2H3. The van der Waals surface area contributed by atoms with Gasteiger partial charge in [-0.2, -0.15) is 0 Å². The third kappa shape index (κ3) is 2.91. The van der Waals surface area contributed by atoms with E-state index in [1.165, 1.54) is 6.92 Å². The van der Waals surface area contributed by atoms with Gasteiger partial charge in [-0.05, 0) is 13.3 Å². The van der Waals surface area contributed by atoms with Gasteiger partial charge < -0.3 is 4.74 Å². The van der Waals surface area contributed by atoms with Crippen LogP contribution in [0.25, 0.3) is 0 Å². The van der Waals surface area contributed by atoms with Crippen LogP contribution in [-0.4, -0.2) is 24.3 Å². The molecule has 1 heterocycles. The first kappa shape index (κ1) is 11.4. The Bertz CT molecular complexity index is 223. The van der Waals surface area contributed by atoms with Crippen molar-refractivity contribution in [1.29, 1.82) is 0 Å². The predicted molar refractivity (Wildman–Crippen MR) is 53.1 cm³/mol. The number of hydrogen-bond donors (Lipinski definition) is 0. The molecular weight excluding hydrogens is 180 g/mol. The number of hydrogen-bond acceptors (Lipinski definition) is 3. The largest absolute Gasteiger partial charge is 0.369 e. The Labute approximate surface area is 84.8 Å². The summed E-state index contributed by atoms with van der Waals surface area (Å²) in [5.74, 6) is 0.201. The summed E-state index contributed by atoms with van der Waals surface area (Å²) in [5.41, 5.74) is 0. The summed E-state index contributed by atoms with van der Waals surface area (Å²) in [6.07, 6.45) is 2.87. The van der Waals surface area contributed by atoms with E-state index in [4.69, 9.17) is 4.74 Å². The van der Waals surface area contributed by atoms with Crippen LogP contribution in [0.4, 0.5) is 0 Å². The average molecular weight is 198 g/mol. The van der Waals surface area contributed by atoms with Crippen LogP contribution in [0.15, 0.2) is 0 Å². The number of ether oxygens (including phenoxy) is 1. The molecule has 0 spiro atoms. The summed E-state index contributed by atoms with van der Waals surface area (Å²) < 4.78 is 5.32. The normalized spacial score (nSPS) is 26.9. The Morgan fingerprint density at radius 3 is 2.86 bits per heavy atom. The van der Waals surface area contributed by atoms with Gasteiger partial charge in [-0.15, -0.1) is 0 Å². The highest BCUT2D eigenvalue weighted by atomic mass is 16.5. The fourth-order valence-electron chi connectivity index (χ4n) is 1.76. The average Bonchev–Trinajstić information content (AvgIpc) is 2.45. The first-order valence-corrected chi connectivity index (χ1v) is 5.30. The minimum Gasteiger partial charge on any atom is -0.369 e. The molecule has 1 saturated heterocycles. The molecule has 1 aliphatic rings. The van der Waals surface area contributed by atoms with Gasteiger partial charge in [-0.25, -0.2) is 0 Å². The molecule has 2 atom stereocenters. The Morgan fingerprint density at radius 1 is 1.57 bits per heavy atom. The quantitative estimate of drug-likeness (QED) is 0.675. The van der Waals surface area contributed by atoms with Gasteiger partial charge in [0.2, 0.25) is 0 Å². The molecule has 3 nitrogen and oxygen atoms in total.